The van der Waals surface area contributed by atoms with Gasteiger partial charge in [-0.1, -0.05) is 36.9 Å². The Morgan fingerprint density at radius 2 is 2.08 bits per heavy atom. The molecule has 2 saturated heterocycles. The van der Waals surface area contributed by atoms with Crippen LogP contribution in [0.2, 0.25) is 0 Å². The number of nitrogens with zero attached hydrogens (tertiary/aromatic N) is 1. The number of hydrogen-bond donors (Lipinski definition) is 1. The maximum Gasteiger partial charge on any atom is 0.333 e. The smallest absolute Gasteiger partial charge is 0.333 e. The van der Waals surface area contributed by atoms with Gasteiger partial charge in [0.2, 0.25) is 11.8 Å². The Labute approximate surface area is 144 Å². The van der Waals surface area contributed by atoms with Crippen LogP contribution in [-0.2, 0) is 25.7 Å². The molecular formula is C17H18N2O4S. The molecule has 3 atom stereocenters. The van der Waals surface area contributed by atoms with Gasteiger partial charge in [0.15, 0.2) is 6.04 Å². The van der Waals surface area contributed by atoms with Crippen LogP contribution in [0.3, 0.4) is 0 Å². The van der Waals surface area contributed by atoms with Crippen molar-refractivity contribution in [1.29, 1.82) is 0 Å². The molecule has 2 heterocycles. The number of ether oxygens (including phenoxy) is 1. The van der Waals surface area contributed by atoms with E-state index in [-0.39, 0.29) is 23.8 Å². The molecule has 2 aliphatic heterocycles. The third-order valence-corrected chi connectivity index (χ3v) is 5.37. The Kier molecular flexibility index (Phi) is 4.62. The first-order valence-corrected chi connectivity index (χ1v) is 8.63. The third-order valence-electron chi connectivity index (χ3n) is 3.99. The van der Waals surface area contributed by atoms with Crippen molar-refractivity contribution in [2.24, 2.45) is 0 Å². The summed E-state index contributed by atoms with van der Waals surface area (Å²) in [6, 6.07) is 7.99. The van der Waals surface area contributed by atoms with Gasteiger partial charge >= 0.3 is 5.97 Å². The fourth-order valence-electron chi connectivity index (χ4n) is 2.85. The molecule has 0 saturated carbocycles. The molecule has 1 N–H and O–H groups in total. The second-order valence-electron chi connectivity index (χ2n) is 5.78. The van der Waals surface area contributed by atoms with Crippen molar-refractivity contribution >= 4 is 29.5 Å². The van der Waals surface area contributed by atoms with E-state index in [1.807, 2.05) is 30.3 Å². The lowest BCUT2D eigenvalue weighted by Crippen LogP contribution is -2.74. The van der Waals surface area contributed by atoms with Crippen molar-refractivity contribution in [3.05, 3.63) is 48.0 Å². The molecule has 6 nitrogen and oxygen atoms in total. The van der Waals surface area contributed by atoms with Crippen molar-refractivity contribution in [3.8, 4) is 0 Å². The summed E-state index contributed by atoms with van der Waals surface area (Å²) in [5.74, 6) is -0.467. The van der Waals surface area contributed by atoms with Gasteiger partial charge in [-0.05, 0) is 11.1 Å². The van der Waals surface area contributed by atoms with Crippen molar-refractivity contribution < 1.29 is 19.1 Å². The van der Waals surface area contributed by atoms with Crippen molar-refractivity contribution in [2.75, 3.05) is 5.75 Å². The Bertz CT molecular complexity index is 691. The standard InChI is InChI=1S/C17H18N2O4S/c1-10-9-24-16-13(18-11(2)20)15(21)19(16)14(10)17(22)23-8-12-6-4-3-5-7-12/h3-7,13-14,16H,1,8-9H2,2H3,(H,18,20)/t13-,14?,16-/m1/s1. The summed E-state index contributed by atoms with van der Waals surface area (Å²) in [5, 5.41) is 2.38. The number of amides is 2. The number of hydrogen-bond acceptors (Lipinski definition) is 5. The summed E-state index contributed by atoms with van der Waals surface area (Å²) in [4.78, 5) is 37.5. The number of esters is 1. The topological polar surface area (TPSA) is 75.7 Å². The summed E-state index contributed by atoms with van der Waals surface area (Å²) < 4.78 is 5.37. The maximum atomic E-state index is 12.5. The van der Waals surface area contributed by atoms with Crippen LogP contribution in [0.15, 0.2) is 42.5 Å². The highest BCUT2D eigenvalue weighted by molar-refractivity contribution is 8.00. The largest absolute Gasteiger partial charge is 0.459 e. The number of benzene rings is 1. The summed E-state index contributed by atoms with van der Waals surface area (Å²) in [6.45, 7) is 5.43. The molecule has 7 heteroatoms. The van der Waals surface area contributed by atoms with Crippen molar-refractivity contribution in [2.45, 2.75) is 31.0 Å². The van der Waals surface area contributed by atoms with Gasteiger partial charge in [0.05, 0.1) is 0 Å². The normalized spacial score (nSPS) is 25.5. The zero-order valence-corrected chi connectivity index (χ0v) is 14.0. The minimum Gasteiger partial charge on any atom is -0.459 e. The lowest BCUT2D eigenvalue weighted by atomic mass is 9.98. The molecule has 0 aliphatic carbocycles. The predicted octanol–water partition coefficient (Wildman–Crippen LogP) is 1.07. The van der Waals surface area contributed by atoms with Crippen LogP contribution in [0.25, 0.3) is 0 Å². The van der Waals surface area contributed by atoms with Crippen LogP contribution in [0, 0.1) is 0 Å². The average Bonchev–Trinajstić information content (AvgIpc) is 2.58. The molecule has 126 valence electrons. The first kappa shape index (κ1) is 16.6. The van der Waals surface area contributed by atoms with Gasteiger partial charge in [0.1, 0.15) is 18.0 Å². The Hall–Kier alpha value is -2.28. The van der Waals surface area contributed by atoms with Crippen molar-refractivity contribution in [3.63, 3.8) is 0 Å². The van der Waals surface area contributed by atoms with Gasteiger partial charge < -0.3 is 15.0 Å². The molecule has 0 bridgehead atoms. The minimum atomic E-state index is -0.780. The fraction of sp³-hybridized carbons (Fsp3) is 0.353. The second kappa shape index (κ2) is 6.68. The molecule has 2 amide bonds. The van der Waals surface area contributed by atoms with Gasteiger partial charge in [0.25, 0.3) is 0 Å². The van der Waals surface area contributed by atoms with Crippen LogP contribution in [0.5, 0.6) is 0 Å². The van der Waals surface area contributed by atoms with Gasteiger partial charge in [-0.15, -0.1) is 11.8 Å². The van der Waals surface area contributed by atoms with Crippen LogP contribution >= 0.6 is 11.8 Å². The number of fused-ring (bicyclic) bond motifs is 1. The lowest BCUT2D eigenvalue weighted by Gasteiger charge is -2.52. The first-order valence-electron chi connectivity index (χ1n) is 7.58. The van der Waals surface area contributed by atoms with E-state index in [2.05, 4.69) is 11.9 Å². The average molecular weight is 346 g/mol. The molecule has 24 heavy (non-hydrogen) atoms. The molecule has 1 unspecified atom stereocenters. The van der Waals surface area contributed by atoms with E-state index in [0.717, 1.165) is 5.56 Å². The number of β-lactam (4-membered cyclic amide) rings is 1. The molecular weight excluding hydrogens is 328 g/mol. The number of rotatable bonds is 4. The lowest BCUT2D eigenvalue weighted by molar-refractivity contribution is -0.164. The highest BCUT2D eigenvalue weighted by atomic mass is 32.2. The number of nitrogens with one attached hydrogen (secondary N) is 1. The van der Waals surface area contributed by atoms with Crippen molar-refractivity contribution in [1.82, 2.24) is 10.2 Å². The highest BCUT2D eigenvalue weighted by Crippen LogP contribution is 2.40. The molecule has 3 rings (SSSR count). The fourth-order valence-corrected chi connectivity index (χ4v) is 4.15. The van der Waals surface area contributed by atoms with Gasteiger partial charge in [-0.2, -0.15) is 0 Å². The third kappa shape index (κ3) is 3.03. The highest BCUT2D eigenvalue weighted by Gasteiger charge is 2.56. The van der Waals surface area contributed by atoms with Gasteiger partial charge in [0, 0.05) is 12.7 Å². The molecule has 0 radical (unpaired) electrons. The van der Waals surface area contributed by atoms with Gasteiger partial charge in [-0.25, -0.2) is 4.79 Å². The molecule has 1 aromatic carbocycles. The van der Waals surface area contributed by atoms with E-state index >= 15 is 0 Å². The number of carbonyl (C=O) groups excluding carboxylic acids is 3. The predicted molar refractivity (Wildman–Crippen MR) is 89.9 cm³/mol. The molecule has 2 fully saturated rings. The molecule has 0 aromatic heterocycles. The Balaban J connectivity index is 1.67. The zero-order valence-electron chi connectivity index (χ0n) is 13.2. The van der Waals surface area contributed by atoms with E-state index in [4.69, 9.17) is 4.74 Å². The van der Waals surface area contributed by atoms with E-state index < -0.39 is 18.1 Å². The first-order chi connectivity index (χ1) is 11.5. The Morgan fingerprint density at radius 1 is 1.38 bits per heavy atom. The van der Waals surface area contributed by atoms with Gasteiger partial charge in [-0.3, -0.25) is 9.59 Å². The van der Waals surface area contributed by atoms with E-state index in [1.54, 1.807) is 0 Å². The van der Waals surface area contributed by atoms with Crippen LogP contribution < -0.4 is 5.32 Å². The minimum absolute atomic E-state index is 0.151. The summed E-state index contributed by atoms with van der Waals surface area (Å²) >= 11 is 1.49. The number of carbonyl (C=O) groups is 3. The molecule has 1 aromatic rings. The molecule has 2 aliphatic rings. The Morgan fingerprint density at radius 3 is 2.75 bits per heavy atom. The zero-order chi connectivity index (χ0) is 17.3. The van der Waals surface area contributed by atoms with Crippen LogP contribution in [0.4, 0.5) is 0 Å². The SMILES string of the molecule is C=C1CS[C@@H]2[C@H](NC(C)=O)C(=O)N2C1C(=O)OCc1ccccc1. The summed E-state index contributed by atoms with van der Waals surface area (Å²) in [7, 11) is 0. The van der Waals surface area contributed by atoms with Crippen LogP contribution in [-0.4, -0.2) is 45.9 Å². The maximum absolute atomic E-state index is 12.5. The molecule has 0 spiro atoms. The number of thioether (sulfide) groups is 1. The monoisotopic (exact) mass is 346 g/mol. The van der Waals surface area contributed by atoms with E-state index in [9.17, 15) is 14.4 Å². The van der Waals surface area contributed by atoms with E-state index in [1.165, 1.54) is 23.6 Å². The summed E-state index contributed by atoms with van der Waals surface area (Å²) in [6.07, 6.45) is 0. The quantitative estimate of drug-likeness (QED) is 0.501. The van der Waals surface area contributed by atoms with Crippen LogP contribution in [0.1, 0.15) is 12.5 Å². The summed E-state index contributed by atoms with van der Waals surface area (Å²) in [5.41, 5.74) is 1.52. The van der Waals surface area contributed by atoms with E-state index in [0.29, 0.717) is 11.3 Å². The second-order valence-corrected chi connectivity index (χ2v) is 6.88.